The molecule has 0 spiro atoms. The van der Waals surface area contributed by atoms with E-state index in [0.717, 1.165) is 11.3 Å². The maximum absolute atomic E-state index is 12.2. The number of methoxy groups -OCH3 is 1. The van der Waals surface area contributed by atoms with Crippen molar-refractivity contribution in [1.82, 2.24) is 5.32 Å². The minimum Gasteiger partial charge on any atom is -0.497 e. The summed E-state index contributed by atoms with van der Waals surface area (Å²) in [6.45, 7) is 0.951. The van der Waals surface area contributed by atoms with Crippen molar-refractivity contribution in [2.45, 2.75) is 37.6 Å². The molecule has 0 aromatic heterocycles. The van der Waals surface area contributed by atoms with E-state index in [1.54, 1.807) is 7.11 Å². The number of carboxylic acid groups (broad SMARTS) is 1. The molecule has 1 aromatic rings. The smallest absolute Gasteiger partial charge is 0.305 e. The van der Waals surface area contributed by atoms with Crippen LogP contribution in [0.4, 0.5) is 0 Å². The Bertz CT molecular complexity index is 552. The molecule has 1 aromatic carbocycles. The molecule has 0 radical (unpaired) electrons. The molecule has 1 aliphatic heterocycles. The zero-order valence-electron chi connectivity index (χ0n) is 13.3. The summed E-state index contributed by atoms with van der Waals surface area (Å²) in [5.74, 6) is -0.273. The van der Waals surface area contributed by atoms with Crippen molar-refractivity contribution in [3.63, 3.8) is 0 Å². The maximum Gasteiger partial charge on any atom is 0.305 e. The van der Waals surface area contributed by atoms with E-state index in [1.807, 2.05) is 24.3 Å². The predicted molar refractivity (Wildman–Crippen MR) is 84.5 cm³/mol. The molecule has 6 heteroatoms. The van der Waals surface area contributed by atoms with Gasteiger partial charge in [-0.15, -0.1) is 0 Å². The molecule has 0 atom stereocenters. The molecule has 1 fully saturated rings. The highest BCUT2D eigenvalue weighted by Gasteiger charge is 2.36. The molecule has 1 amide bonds. The standard InChI is InChI=1S/C17H23NO5/c1-22-14-4-2-3-13(11-14)5-6-15(19)18-17(12-16(20)21)7-9-23-10-8-17/h2-4,11H,5-10,12H2,1H3,(H,18,19)(H,20,21). The maximum atomic E-state index is 12.2. The summed E-state index contributed by atoms with van der Waals surface area (Å²) in [4.78, 5) is 23.3. The summed E-state index contributed by atoms with van der Waals surface area (Å²) in [6, 6.07) is 7.58. The summed E-state index contributed by atoms with van der Waals surface area (Å²) < 4.78 is 10.4. The van der Waals surface area contributed by atoms with Crippen LogP contribution in [-0.4, -0.2) is 42.8 Å². The van der Waals surface area contributed by atoms with Crippen molar-refractivity contribution in [1.29, 1.82) is 0 Å². The highest BCUT2D eigenvalue weighted by molar-refractivity contribution is 5.78. The molecule has 2 N–H and O–H groups in total. The predicted octanol–water partition coefficient (Wildman–Crippen LogP) is 1.77. The van der Waals surface area contributed by atoms with Gasteiger partial charge >= 0.3 is 5.97 Å². The zero-order chi connectivity index (χ0) is 16.7. The van der Waals surface area contributed by atoms with Crippen molar-refractivity contribution in [3.05, 3.63) is 29.8 Å². The van der Waals surface area contributed by atoms with Gasteiger partial charge in [0.1, 0.15) is 5.75 Å². The van der Waals surface area contributed by atoms with E-state index in [4.69, 9.17) is 14.6 Å². The summed E-state index contributed by atoms with van der Waals surface area (Å²) in [5, 5.41) is 12.0. The number of benzene rings is 1. The Balaban J connectivity index is 1.92. The van der Waals surface area contributed by atoms with E-state index in [2.05, 4.69) is 5.32 Å². The third-order valence-electron chi connectivity index (χ3n) is 4.12. The molecule has 1 saturated heterocycles. The molecule has 0 aliphatic carbocycles. The number of carbonyl (C=O) groups is 2. The van der Waals surface area contributed by atoms with Crippen molar-refractivity contribution in [3.8, 4) is 5.75 Å². The second-order valence-corrected chi connectivity index (χ2v) is 5.86. The first-order valence-electron chi connectivity index (χ1n) is 7.76. The van der Waals surface area contributed by atoms with Crippen LogP contribution in [-0.2, 0) is 20.7 Å². The van der Waals surface area contributed by atoms with Gasteiger partial charge in [0.05, 0.1) is 19.1 Å². The molecule has 126 valence electrons. The molecule has 6 nitrogen and oxygen atoms in total. The number of aryl methyl sites for hydroxylation is 1. The van der Waals surface area contributed by atoms with Gasteiger partial charge in [0.25, 0.3) is 0 Å². The third-order valence-corrected chi connectivity index (χ3v) is 4.12. The molecule has 1 heterocycles. The van der Waals surface area contributed by atoms with Crippen LogP contribution in [0, 0.1) is 0 Å². The highest BCUT2D eigenvalue weighted by Crippen LogP contribution is 2.25. The number of carboxylic acids is 1. The van der Waals surface area contributed by atoms with Crippen LogP contribution in [0.3, 0.4) is 0 Å². The highest BCUT2D eigenvalue weighted by atomic mass is 16.5. The molecular formula is C17H23NO5. The van der Waals surface area contributed by atoms with Crippen molar-refractivity contribution in [2.75, 3.05) is 20.3 Å². The van der Waals surface area contributed by atoms with Crippen LogP contribution in [0.15, 0.2) is 24.3 Å². The van der Waals surface area contributed by atoms with Gasteiger partial charge in [0, 0.05) is 19.6 Å². The lowest BCUT2D eigenvalue weighted by Gasteiger charge is -2.36. The number of hydrogen-bond acceptors (Lipinski definition) is 4. The molecule has 0 bridgehead atoms. The number of amides is 1. The van der Waals surface area contributed by atoms with E-state index in [-0.39, 0.29) is 12.3 Å². The second kappa shape index (κ2) is 7.97. The fourth-order valence-corrected chi connectivity index (χ4v) is 2.84. The summed E-state index contributed by atoms with van der Waals surface area (Å²) in [5.41, 5.74) is 0.328. The lowest BCUT2D eigenvalue weighted by molar-refractivity contribution is -0.140. The van der Waals surface area contributed by atoms with Crippen LogP contribution in [0.1, 0.15) is 31.2 Å². The minimum atomic E-state index is -0.903. The van der Waals surface area contributed by atoms with E-state index in [1.165, 1.54) is 0 Å². The molecule has 1 aliphatic rings. The summed E-state index contributed by atoms with van der Waals surface area (Å²) >= 11 is 0. The van der Waals surface area contributed by atoms with Crippen LogP contribution in [0.2, 0.25) is 0 Å². The number of ether oxygens (including phenoxy) is 2. The third kappa shape index (κ3) is 5.25. The van der Waals surface area contributed by atoms with Crippen molar-refractivity contribution < 1.29 is 24.2 Å². The largest absolute Gasteiger partial charge is 0.497 e. The Hall–Kier alpha value is -2.08. The minimum absolute atomic E-state index is 0.0682. The average Bonchev–Trinajstić information content (AvgIpc) is 2.53. The Morgan fingerprint density at radius 2 is 2.09 bits per heavy atom. The zero-order valence-corrected chi connectivity index (χ0v) is 13.3. The van der Waals surface area contributed by atoms with E-state index < -0.39 is 11.5 Å². The number of rotatable bonds is 7. The SMILES string of the molecule is COc1cccc(CCC(=O)NC2(CC(=O)O)CCOCC2)c1. The summed E-state index contributed by atoms with van der Waals surface area (Å²) in [6.07, 6.45) is 1.90. The topological polar surface area (TPSA) is 84.9 Å². The second-order valence-electron chi connectivity index (χ2n) is 5.86. The van der Waals surface area contributed by atoms with Gasteiger partial charge in [-0.25, -0.2) is 0 Å². The lowest BCUT2D eigenvalue weighted by Crippen LogP contribution is -2.53. The Morgan fingerprint density at radius 3 is 2.74 bits per heavy atom. The monoisotopic (exact) mass is 321 g/mol. The summed E-state index contributed by atoms with van der Waals surface area (Å²) in [7, 11) is 1.60. The van der Waals surface area contributed by atoms with Crippen molar-refractivity contribution in [2.24, 2.45) is 0 Å². The van der Waals surface area contributed by atoms with Gasteiger partial charge < -0.3 is 19.9 Å². The first-order chi connectivity index (χ1) is 11.0. The first kappa shape index (κ1) is 17.3. The van der Waals surface area contributed by atoms with Gasteiger partial charge in [0.2, 0.25) is 5.91 Å². The van der Waals surface area contributed by atoms with E-state index in [0.29, 0.717) is 38.9 Å². The van der Waals surface area contributed by atoms with Crippen LogP contribution < -0.4 is 10.1 Å². The van der Waals surface area contributed by atoms with Gasteiger partial charge in [-0.2, -0.15) is 0 Å². The number of nitrogens with one attached hydrogen (secondary N) is 1. The number of aliphatic carboxylic acids is 1. The first-order valence-corrected chi connectivity index (χ1v) is 7.76. The van der Waals surface area contributed by atoms with Crippen LogP contribution >= 0.6 is 0 Å². The van der Waals surface area contributed by atoms with E-state index >= 15 is 0 Å². The Labute approximate surface area is 135 Å². The van der Waals surface area contributed by atoms with E-state index in [9.17, 15) is 9.59 Å². The number of hydrogen-bond donors (Lipinski definition) is 2. The molecule has 23 heavy (non-hydrogen) atoms. The fourth-order valence-electron chi connectivity index (χ4n) is 2.84. The van der Waals surface area contributed by atoms with Crippen LogP contribution in [0.25, 0.3) is 0 Å². The van der Waals surface area contributed by atoms with Crippen molar-refractivity contribution >= 4 is 11.9 Å². The Morgan fingerprint density at radius 1 is 1.35 bits per heavy atom. The lowest BCUT2D eigenvalue weighted by atomic mass is 9.86. The fraction of sp³-hybridized carbons (Fsp3) is 0.529. The number of carbonyl (C=O) groups excluding carboxylic acids is 1. The van der Waals surface area contributed by atoms with Gasteiger partial charge in [-0.05, 0) is 37.0 Å². The Kier molecular flexibility index (Phi) is 5.98. The van der Waals surface area contributed by atoms with Gasteiger partial charge in [-0.1, -0.05) is 12.1 Å². The van der Waals surface area contributed by atoms with Gasteiger partial charge in [-0.3, -0.25) is 9.59 Å². The molecule has 2 rings (SSSR count). The molecule has 0 saturated carbocycles. The quantitative estimate of drug-likeness (QED) is 0.799. The molecular weight excluding hydrogens is 298 g/mol. The normalized spacial score (nSPS) is 16.6. The van der Waals surface area contributed by atoms with Gasteiger partial charge in [0.15, 0.2) is 0 Å². The van der Waals surface area contributed by atoms with Crippen LogP contribution in [0.5, 0.6) is 5.75 Å². The molecule has 0 unspecified atom stereocenters. The average molecular weight is 321 g/mol.